The molecule has 0 spiro atoms. The molecule has 0 aromatic heterocycles. The highest BCUT2D eigenvalue weighted by Gasteiger charge is 2.30. The number of carbonyl (C=O) groups excluding carboxylic acids is 4. The number of allylic oxidation sites excluding steroid dienone is 4. The normalized spacial score (nSPS) is 14.3. The van der Waals surface area contributed by atoms with E-state index in [0.717, 1.165) is 122 Å². The predicted molar refractivity (Wildman–Crippen MR) is 345 cm³/mol. The fraction of sp³-hybridized carbons (Fsp3) is 0.881. The Morgan fingerprint density at radius 2 is 0.558 bits per heavy atom. The fourth-order valence-corrected chi connectivity index (χ4v) is 11.2. The summed E-state index contributed by atoms with van der Waals surface area (Å²) in [4.78, 5) is 72.0. The predicted octanol–water partition coefficient (Wildman–Crippen LogP) is 18.7. The van der Waals surface area contributed by atoms with Crippen LogP contribution in [-0.4, -0.2) is 96.7 Å². The summed E-state index contributed by atoms with van der Waals surface area (Å²) in [5.41, 5.74) is 0. The summed E-state index contributed by atoms with van der Waals surface area (Å²) in [6, 6.07) is 0. The van der Waals surface area contributed by atoms with Crippen LogP contribution in [-0.2, 0) is 65.4 Å². The molecular formula is C67H126O17P2. The van der Waals surface area contributed by atoms with Crippen LogP contribution in [0.3, 0.4) is 0 Å². The number of hydrogen-bond acceptors (Lipinski definition) is 15. The van der Waals surface area contributed by atoms with Gasteiger partial charge in [-0.1, -0.05) is 270 Å². The lowest BCUT2D eigenvalue weighted by molar-refractivity contribution is -0.161. The molecule has 0 fully saturated rings. The fourth-order valence-electron chi connectivity index (χ4n) is 9.62. The number of hydrogen-bond donors (Lipinski definition) is 3. The van der Waals surface area contributed by atoms with Crippen LogP contribution in [0.5, 0.6) is 0 Å². The first-order valence-corrected chi connectivity index (χ1v) is 37.6. The van der Waals surface area contributed by atoms with E-state index < -0.39 is 97.5 Å². The molecule has 0 aromatic rings. The number of phosphoric acid groups is 2. The molecule has 0 aliphatic carbocycles. The molecule has 0 saturated heterocycles. The monoisotopic (exact) mass is 1260 g/mol. The van der Waals surface area contributed by atoms with Crippen LogP contribution < -0.4 is 0 Å². The van der Waals surface area contributed by atoms with E-state index in [-0.39, 0.29) is 25.7 Å². The van der Waals surface area contributed by atoms with Crippen LogP contribution in [0.15, 0.2) is 24.3 Å². The molecule has 506 valence electrons. The Morgan fingerprint density at radius 1 is 0.326 bits per heavy atom. The third kappa shape index (κ3) is 60.5. The van der Waals surface area contributed by atoms with Gasteiger partial charge in [-0.25, -0.2) is 9.13 Å². The van der Waals surface area contributed by atoms with E-state index in [9.17, 15) is 43.2 Å². The van der Waals surface area contributed by atoms with Crippen LogP contribution in [0, 0.1) is 0 Å². The lowest BCUT2D eigenvalue weighted by Gasteiger charge is -2.21. The Morgan fingerprint density at radius 3 is 0.849 bits per heavy atom. The second-order valence-electron chi connectivity index (χ2n) is 23.5. The van der Waals surface area contributed by atoms with E-state index >= 15 is 0 Å². The topological polar surface area (TPSA) is 237 Å². The van der Waals surface area contributed by atoms with Crippen molar-refractivity contribution < 1.29 is 80.2 Å². The summed E-state index contributed by atoms with van der Waals surface area (Å²) < 4.78 is 67.8. The van der Waals surface area contributed by atoms with Gasteiger partial charge in [-0.2, -0.15) is 0 Å². The van der Waals surface area contributed by atoms with Crippen molar-refractivity contribution >= 4 is 39.5 Å². The van der Waals surface area contributed by atoms with Crippen molar-refractivity contribution in [2.45, 2.75) is 341 Å². The molecule has 3 N–H and O–H groups in total. The van der Waals surface area contributed by atoms with Gasteiger partial charge in [0.25, 0.3) is 0 Å². The number of ether oxygens (including phenoxy) is 4. The van der Waals surface area contributed by atoms with Crippen molar-refractivity contribution in [3.05, 3.63) is 24.3 Å². The average molecular weight is 1270 g/mol. The maximum absolute atomic E-state index is 13.0. The van der Waals surface area contributed by atoms with Crippen LogP contribution in [0.25, 0.3) is 0 Å². The van der Waals surface area contributed by atoms with Gasteiger partial charge in [0.15, 0.2) is 12.2 Å². The Bertz CT molecular complexity index is 1750. The molecule has 0 aliphatic heterocycles. The molecule has 19 heteroatoms. The molecule has 5 atom stereocenters. The highest BCUT2D eigenvalue weighted by molar-refractivity contribution is 7.47. The SMILES string of the molecule is CCCCCC/C=C\C=C/CCCCCCCC(=O)OC[C@H](COP(=O)(O)OC[C@@H](O)COP(=O)(O)OC[C@@H](COC(=O)CCCCCCC)OC(=O)CCCCCCCCCC)OC(=O)CCCCCCCCCCCCCCCCCCCC. The molecule has 0 aliphatic rings. The Kier molecular flexibility index (Phi) is 59.6. The number of unbranched alkanes of at least 4 members (excludes halogenated alkanes) is 37. The molecule has 0 amide bonds. The zero-order valence-corrected chi connectivity index (χ0v) is 56.6. The smallest absolute Gasteiger partial charge is 0.462 e. The van der Waals surface area contributed by atoms with Gasteiger partial charge in [0.2, 0.25) is 0 Å². The van der Waals surface area contributed by atoms with Gasteiger partial charge in [-0.15, -0.1) is 0 Å². The molecule has 0 rings (SSSR count). The second kappa shape index (κ2) is 61.4. The van der Waals surface area contributed by atoms with Crippen molar-refractivity contribution in [3.8, 4) is 0 Å². The van der Waals surface area contributed by atoms with Crippen LogP contribution in [0.4, 0.5) is 0 Å². The summed E-state index contributed by atoms with van der Waals surface area (Å²) in [5.74, 6) is -2.17. The number of carbonyl (C=O) groups is 4. The van der Waals surface area contributed by atoms with E-state index in [2.05, 4.69) is 52.0 Å². The first-order valence-electron chi connectivity index (χ1n) is 34.6. The van der Waals surface area contributed by atoms with Gasteiger partial charge < -0.3 is 33.8 Å². The van der Waals surface area contributed by atoms with E-state index in [1.54, 1.807) is 0 Å². The van der Waals surface area contributed by atoms with E-state index in [1.165, 1.54) is 122 Å². The summed E-state index contributed by atoms with van der Waals surface area (Å²) in [7, 11) is -9.89. The standard InChI is InChI=1S/C67H126O17P2/c1-5-9-13-17-20-23-25-27-29-30-31-33-35-37-39-42-46-50-54-67(72)84-63(58-78-65(70)52-48-44-41-38-36-34-32-28-26-24-21-18-14-10-6-2)60-82-86(75,76)80-56-61(68)55-79-85(73,74)81-59-62(57-77-64(69)51-47-43-16-12-8-4)83-66(71)53-49-45-40-22-19-15-11-7-3/h24,26,28,32,61-63,68H,5-23,25,27,29-31,33-60H2,1-4H3,(H,73,74)(H,75,76)/b26-24-,32-28-/t61-,62+,63+/m0/s1. The number of phosphoric ester groups is 2. The molecule has 0 aromatic carbocycles. The van der Waals surface area contributed by atoms with Crippen molar-refractivity contribution in [3.63, 3.8) is 0 Å². The number of esters is 4. The van der Waals surface area contributed by atoms with Gasteiger partial charge in [-0.05, 0) is 51.4 Å². The zero-order valence-electron chi connectivity index (χ0n) is 54.8. The molecule has 0 bridgehead atoms. The van der Waals surface area contributed by atoms with Crippen molar-refractivity contribution in [2.75, 3.05) is 39.6 Å². The maximum Gasteiger partial charge on any atom is 0.472 e. The zero-order chi connectivity index (χ0) is 63.3. The van der Waals surface area contributed by atoms with Gasteiger partial charge in [0, 0.05) is 25.7 Å². The maximum atomic E-state index is 13.0. The van der Waals surface area contributed by atoms with E-state index in [4.69, 9.17) is 37.0 Å². The number of aliphatic hydroxyl groups is 1. The Hall–Kier alpha value is -2.46. The van der Waals surface area contributed by atoms with Crippen LogP contribution in [0.2, 0.25) is 0 Å². The third-order valence-electron chi connectivity index (χ3n) is 15.0. The van der Waals surface area contributed by atoms with Crippen molar-refractivity contribution in [1.29, 1.82) is 0 Å². The lowest BCUT2D eigenvalue weighted by Crippen LogP contribution is -2.30. The number of aliphatic hydroxyl groups excluding tert-OH is 1. The Balaban J connectivity index is 5.17. The quantitative estimate of drug-likeness (QED) is 0.0169. The van der Waals surface area contributed by atoms with Crippen molar-refractivity contribution in [1.82, 2.24) is 0 Å². The lowest BCUT2D eigenvalue weighted by atomic mass is 10.0. The van der Waals surface area contributed by atoms with E-state index in [0.29, 0.717) is 25.7 Å². The molecule has 0 radical (unpaired) electrons. The third-order valence-corrected chi connectivity index (χ3v) is 16.9. The molecule has 0 saturated carbocycles. The summed E-state index contributed by atoms with van der Waals surface area (Å²) >= 11 is 0. The van der Waals surface area contributed by atoms with Crippen LogP contribution >= 0.6 is 15.6 Å². The largest absolute Gasteiger partial charge is 0.472 e. The summed E-state index contributed by atoms with van der Waals surface area (Å²) in [5, 5.41) is 10.5. The highest BCUT2D eigenvalue weighted by Crippen LogP contribution is 2.45. The molecule has 0 heterocycles. The summed E-state index contributed by atoms with van der Waals surface area (Å²) in [6.07, 6.45) is 51.3. The average Bonchev–Trinajstić information content (AvgIpc) is 3.65. The van der Waals surface area contributed by atoms with Gasteiger partial charge >= 0.3 is 39.5 Å². The highest BCUT2D eigenvalue weighted by atomic mass is 31.2. The van der Waals surface area contributed by atoms with Crippen molar-refractivity contribution in [2.24, 2.45) is 0 Å². The van der Waals surface area contributed by atoms with Gasteiger partial charge in [0.05, 0.1) is 26.4 Å². The number of rotatable bonds is 66. The first-order chi connectivity index (χ1) is 41.7. The summed E-state index contributed by atoms with van der Waals surface area (Å²) in [6.45, 7) is 4.73. The van der Waals surface area contributed by atoms with Gasteiger partial charge in [0.1, 0.15) is 19.3 Å². The van der Waals surface area contributed by atoms with Crippen LogP contribution in [0.1, 0.15) is 323 Å². The first kappa shape index (κ1) is 83.5. The minimum Gasteiger partial charge on any atom is -0.462 e. The minimum absolute atomic E-state index is 0.102. The minimum atomic E-state index is -4.95. The second-order valence-corrected chi connectivity index (χ2v) is 26.4. The van der Waals surface area contributed by atoms with Gasteiger partial charge in [-0.3, -0.25) is 37.3 Å². The molecule has 2 unspecified atom stereocenters. The van der Waals surface area contributed by atoms with E-state index in [1.807, 2.05) is 0 Å². The Labute approximate surface area is 522 Å². The molecular weight excluding hydrogens is 1140 g/mol. The molecule has 17 nitrogen and oxygen atoms in total. The molecule has 86 heavy (non-hydrogen) atoms.